The highest BCUT2D eigenvalue weighted by atomic mass is 35.5. The third-order valence-corrected chi connectivity index (χ3v) is 4.20. The fraction of sp³-hybridized carbons (Fsp3) is 0.444. The number of halogens is 3. The lowest BCUT2D eigenvalue weighted by Crippen LogP contribution is -2.26. The SMILES string of the molecule is CC(C)(C)CC=C1C(=O)CC(c2c(Cl)ccc(F)c2F)CC1=O. The average Bonchev–Trinajstić information content (AvgIpc) is 2.41. The van der Waals surface area contributed by atoms with Gasteiger partial charge in [0.25, 0.3) is 0 Å². The van der Waals surface area contributed by atoms with Crippen LogP contribution < -0.4 is 0 Å². The molecule has 1 aliphatic carbocycles. The number of hydrogen-bond donors (Lipinski definition) is 0. The molecule has 124 valence electrons. The Hall–Kier alpha value is -1.55. The van der Waals surface area contributed by atoms with Gasteiger partial charge in [-0.25, -0.2) is 8.78 Å². The highest BCUT2D eigenvalue weighted by Gasteiger charge is 2.34. The summed E-state index contributed by atoms with van der Waals surface area (Å²) in [5, 5.41) is 0.0385. The number of benzene rings is 1. The zero-order valence-corrected chi connectivity index (χ0v) is 14.1. The summed E-state index contributed by atoms with van der Waals surface area (Å²) in [4.78, 5) is 24.5. The van der Waals surface area contributed by atoms with E-state index < -0.39 is 17.6 Å². The number of ketones is 2. The van der Waals surface area contributed by atoms with Gasteiger partial charge in [0.2, 0.25) is 0 Å². The second-order valence-electron chi connectivity index (χ2n) is 7.09. The molecule has 0 atom stereocenters. The van der Waals surface area contributed by atoms with Crippen LogP contribution in [0.3, 0.4) is 0 Å². The van der Waals surface area contributed by atoms with Gasteiger partial charge < -0.3 is 0 Å². The molecular formula is C18H19ClF2O2. The Morgan fingerprint density at radius 3 is 2.26 bits per heavy atom. The van der Waals surface area contributed by atoms with E-state index in [1.807, 2.05) is 20.8 Å². The molecule has 2 rings (SSSR count). The molecule has 0 unspecified atom stereocenters. The first-order valence-electron chi connectivity index (χ1n) is 7.50. The number of Topliss-reactive ketones (excluding diaryl/α,β-unsaturated/α-hetero) is 2. The van der Waals surface area contributed by atoms with Crippen molar-refractivity contribution in [1.82, 2.24) is 0 Å². The molecule has 0 radical (unpaired) electrons. The quantitative estimate of drug-likeness (QED) is 0.431. The average molecular weight is 341 g/mol. The third kappa shape index (κ3) is 4.05. The minimum absolute atomic E-state index is 0.0385. The number of rotatable bonds is 2. The molecule has 1 saturated carbocycles. The van der Waals surface area contributed by atoms with Crippen LogP contribution in [0.4, 0.5) is 8.78 Å². The standard InChI is InChI=1S/C18H19ClF2O2/c1-18(2,3)7-6-11-14(22)8-10(9-15(11)23)16-12(19)4-5-13(20)17(16)21/h4-6,10H,7-9H2,1-3H3. The highest BCUT2D eigenvalue weighted by Crippen LogP contribution is 2.38. The van der Waals surface area contributed by atoms with E-state index in [1.165, 1.54) is 6.07 Å². The molecule has 2 nitrogen and oxygen atoms in total. The molecule has 1 aromatic rings. The molecule has 0 saturated heterocycles. The van der Waals surface area contributed by atoms with E-state index in [2.05, 4.69) is 0 Å². The van der Waals surface area contributed by atoms with E-state index in [0.29, 0.717) is 6.42 Å². The van der Waals surface area contributed by atoms with Gasteiger partial charge in [0, 0.05) is 29.3 Å². The molecule has 0 amide bonds. The van der Waals surface area contributed by atoms with Crippen molar-refractivity contribution in [3.05, 3.63) is 46.0 Å². The molecule has 0 aromatic heterocycles. The molecule has 5 heteroatoms. The van der Waals surface area contributed by atoms with Gasteiger partial charge in [-0.3, -0.25) is 9.59 Å². The summed E-state index contributed by atoms with van der Waals surface area (Å²) >= 11 is 5.94. The number of carbonyl (C=O) groups is 2. The molecular weight excluding hydrogens is 322 g/mol. The van der Waals surface area contributed by atoms with E-state index in [0.717, 1.165) is 6.07 Å². The summed E-state index contributed by atoms with van der Waals surface area (Å²) in [5.74, 6) is -3.50. The Kier molecular flexibility index (Phi) is 5.04. The van der Waals surface area contributed by atoms with Gasteiger partial charge in [-0.1, -0.05) is 38.4 Å². The highest BCUT2D eigenvalue weighted by molar-refractivity contribution is 6.31. The second kappa shape index (κ2) is 6.52. The first-order valence-corrected chi connectivity index (χ1v) is 7.88. The van der Waals surface area contributed by atoms with Crippen molar-refractivity contribution >= 4 is 23.2 Å². The fourth-order valence-electron chi connectivity index (χ4n) is 2.65. The number of allylic oxidation sites excluding steroid dienone is 2. The molecule has 1 fully saturated rings. The summed E-state index contributed by atoms with van der Waals surface area (Å²) in [5.41, 5.74) is 0.0508. The van der Waals surface area contributed by atoms with Crippen LogP contribution in [0.5, 0.6) is 0 Å². The van der Waals surface area contributed by atoms with E-state index in [-0.39, 0.29) is 46.0 Å². The minimum atomic E-state index is -1.08. The monoisotopic (exact) mass is 340 g/mol. The Labute approximate surface area is 139 Å². The van der Waals surface area contributed by atoms with Crippen LogP contribution in [0.15, 0.2) is 23.8 Å². The van der Waals surface area contributed by atoms with E-state index in [1.54, 1.807) is 6.08 Å². The number of carbonyl (C=O) groups excluding carboxylic acids is 2. The van der Waals surface area contributed by atoms with Crippen molar-refractivity contribution in [2.24, 2.45) is 5.41 Å². The molecule has 1 aliphatic rings. The maximum Gasteiger partial charge on any atom is 0.166 e. The fourth-order valence-corrected chi connectivity index (χ4v) is 2.95. The van der Waals surface area contributed by atoms with Gasteiger partial charge in [-0.15, -0.1) is 0 Å². The molecule has 0 N–H and O–H groups in total. The summed E-state index contributed by atoms with van der Waals surface area (Å²) in [6.07, 6.45) is 2.17. The lowest BCUT2D eigenvalue weighted by molar-refractivity contribution is -0.124. The zero-order valence-electron chi connectivity index (χ0n) is 13.4. The predicted octanol–water partition coefficient (Wildman–Crippen LogP) is 5.00. The van der Waals surface area contributed by atoms with Crippen molar-refractivity contribution < 1.29 is 18.4 Å². The molecule has 0 spiro atoms. The van der Waals surface area contributed by atoms with E-state index in [4.69, 9.17) is 11.6 Å². The summed E-state index contributed by atoms with van der Waals surface area (Å²) in [6, 6.07) is 2.18. The molecule has 0 heterocycles. The van der Waals surface area contributed by atoms with Gasteiger partial charge in [0.15, 0.2) is 23.2 Å². The molecule has 1 aromatic carbocycles. The first-order chi connectivity index (χ1) is 10.6. The third-order valence-electron chi connectivity index (χ3n) is 3.87. The molecule has 23 heavy (non-hydrogen) atoms. The maximum atomic E-state index is 14.0. The van der Waals surface area contributed by atoms with Crippen molar-refractivity contribution in [3.8, 4) is 0 Å². The summed E-state index contributed by atoms with van der Waals surface area (Å²) in [7, 11) is 0. The maximum absolute atomic E-state index is 14.0. The van der Waals surface area contributed by atoms with Crippen molar-refractivity contribution in [2.75, 3.05) is 0 Å². The smallest absolute Gasteiger partial charge is 0.166 e. The normalized spacial score (nSPS) is 19.2. The topological polar surface area (TPSA) is 34.1 Å². The Morgan fingerprint density at radius 1 is 1.17 bits per heavy atom. The van der Waals surface area contributed by atoms with Crippen LogP contribution in [0.2, 0.25) is 5.02 Å². The van der Waals surface area contributed by atoms with Crippen LogP contribution in [-0.2, 0) is 9.59 Å². The summed E-state index contributed by atoms with van der Waals surface area (Å²) in [6.45, 7) is 6.02. The van der Waals surface area contributed by atoms with Crippen molar-refractivity contribution in [3.63, 3.8) is 0 Å². The first kappa shape index (κ1) is 17.8. The van der Waals surface area contributed by atoms with Crippen LogP contribution in [-0.4, -0.2) is 11.6 Å². The van der Waals surface area contributed by atoms with Gasteiger partial charge in [-0.2, -0.15) is 0 Å². The molecule has 0 bridgehead atoms. The summed E-state index contributed by atoms with van der Waals surface area (Å²) < 4.78 is 27.4. The predicted molar refractivity (Wildman–Crippen MR) is 85.5 cm³/mol. The zero-order chi connectivity index (χ0) is 17.4. The minimum Gasteiger partial charge on any atom is -0.294 e. The van der Waals surface area contributed by atoms with E-state index >= 15 is 0 Å². The lowest BCUT2D eigenvalue weighted by Gasteiger charge is -2.24. The van der Waals surface area contributed by atoms with E-state index in [9.17, 15) is 18.4 Å². The largest absolute Gasteiger partial charge is 0.294 e. The van der Waals surface area contributed by atoms with Gasteiger partial charge in [0.05, 0.1) is 5.57 Å². The van der Waals surface area contributed by atoms with Crippen molar-refractivity contribution in [2.45, 2.75) is 46.0 Å². The Morgan fingerprint density at radius 2 is 1.74 bits per heavy atom. The Balaban J connectivity index is 2.29. The second-order valence-corrected chi connectivity index (χ2v) is 7.50. The lowest BCUT2D eigenvalue weighted by atomic mass is 9.78. The van der Waals surface area contributed by atoms with Crippen LogP contribution in [0.1, 0.15) is 51.5 Å². The number of hydrogen-bond acceptors (Lipinski definition) is 2. The van der Waals surface area contributed by atoms with Gasteiger partial charge >= 0.3 is 0 Å². The van der Waals surface area contributed by atoms with Gasteiger partial charge in [0.1, 0.15) is 0 Å². The van der Waals surface area contributed by atoms with Crippen molar-refractivity contribution in [1.29, 1.82) is 0 Å². The van der Waals surface area contributed by atoms with Crippen LogP contribution >= 0.6 is 11.6 Å². The molecule has 0 aliphatic heterocycles. The Bertz CT molecular complexity index is 667. The van der Waals surface area contributed by atoms with Gasteiger partial charge in [-0.05, 0) is 24.0 Å². The van der Waals surface area contributed by atoms with Crippen LogP contribution in [0, 0.1) is 17.0 Å². The van der Waals surface area contributed by atoms with Crippen LogP contribution in [0.25, 0.3) is 0 Å².